The van der Waals surface area contributed by atoms with Crippen molar-refractivity contribution in [3.8, 4) is 5.75 Å². The molecule has 156 valence electrons. The molecule has 31 heavy (non-hydrogen) atoms. The lowest BCUT2D eigenvalue weighted by molar-refractivity contribution is 0.0693. The molecule has 0 fully saturated rings. The topological polar surface area (TPSA) is 62.7 Å². The fraction of sp³-hybridized carbons (Fsp3) is 0.154. The summed E-state index contributed by atoms with van der Waals surface area (Å²) in [6.45, 7) is 2.67. The number of pyridine rings is 1. The fourth-order valence-electron chi connectivity index (χ4n) is 3.67. The van der Waals surface area contributed by atoms with Crippen molar-refractivity contribution in [2.75, 3.05) is 11.9 Å². The van der Waals surface area contributed by atoms with E-state index in [1.807, 2.05) is 61.6 Å². The zero-order valence-electron chi connectivity index (χ0n) is 17.6. The minimum atomic E-state index is -0.935. The fourth-order valence-corrected chi connectivity index (χ4v) is 3.67. The molecule has 0 aliphatic rings. The normalized spacial score (nSPS) is 10.8. The number of carbonyl (C=O) groups is 1. The highest BCUT2D eigenvalue weighted by Gasteiger charge is 2.13. The molecule has 0 aliphatic carbocycles. The van der Waals surface area contributed by atoms with Gasteiger partial charge in [0.15, 0.2) is 0 Å². The predicted octanol–water partition coefficient (Wildman–Crippen LogP) is 5.46. The van der Waals surface area contributed by atoms with Crippen LogP contribution in [0, 0.1) is 6.92 Å². The van der Waals surface area contributed by atoms with Crippen LogP contribution >= 0.6 is 0 Å². The number of anilines is 1. The van der Waals surface area contributed by atoms with Crippen LogP contribution in [-0.4, -0.2) is 23.1 Å². The van der Waals surface area contributed by atoms with E-state index in [-0.39, 0.29) is 6.61 Å². The Morgan fingerprint density at radius 1 is 1.00 bits per heavy atom. The standard InChI is InChI=1S/C26H24N2O3/c1-18-7-5-10-21(25(18)26(29)30)17-31-22-11-6-8-19(15-22)16-28(2)24-14-13-20-9-3-4-12-23(20)27-24/h3-15H,16-17H2,1-2H3,(H,29,30). The Morgan fingerprint density at radius 3 is 2.65 bits per heavy atom. The van der Waals surface area contributed by atoms with Crippen molar-refractivity contribution >= 4 is 22.7 Å². The average molecular weight is 412 g/mol. The van der Waals surface area contributed by atoms with E-state index in [1.165, 1.54) is 0 Å². The van der Waals surface area contributed by atoms with Gasteiger partial charge in [0.1, 0.15) is 18.2 Å². The van der Waals surface area contributed by atoms with Gasteiger partial charge in [0.2, 0.25) is 0 Å². The Bertz CT molecular complexity index is 1240. The minimum absolute atomic E-state index is 0.203. The maximum absolute atomic E-state index is 11.6. The monoisotopic (exact) mass is 412 g/mol. The Kier molecular flexibility index (Phi) is 5.85. The quantitative estimate of drug-likeness (QED) is 0.437. The number of aryl methyl sites for hydroxylation is 1. The van der Waals surface area contributed by atoms with E-state index in [9.17, 15) is 9.90 Å². The molecule has 5 nitrogen and oxygen atoms in total. The molecule has 0 atom stereocenters. The van der Waals surface area contributed by atoms with Crippen molar-refractivity contribution in [3.63, 3.8) is 0 Å². The van der Waals surface area contributed by atoms with Crippen LogP contribution in [0.5, 0.6) is 5.75 Å². The second-order valence-electron chi connectivity index (χ2n) is 7.57. The average Bonchev–Trinajstić information content (AvgIpc) is 2.77. The molecule has 4 aromatic rings. The van der Waals surface area contributed by atoms with E-state index in [1.54, 1.807) is 19.1 Å². The molecule has 0 radical (unpaired) electrons. The number of hydrogen-bond acceptors (Lipinski definition) is 4. The van der Waals surface area contributed by atoms with Crippen molar-refractivity contribution < 1.29 is 14.6 Å². The Hall–Kier alpha value is -3.86. The van der Waals surface area contributed by atoms with Gasteiger partial charge >= 0.3 is 5.97 Å². The molecule has 1 N–H and O–H groups in total. The molecule has 3 aromatic carbocycles. The molecule has 0 amide bonds. The zero-order valence-corrected chi connectivity index (χ0v) is 17.6. The van der Waals surface area contributed by atoms with Gasteiger partial charge in [-0.1, -0.05) is 48.5 Å². The number of para-hydroxylation sites is 1. The van der Waals surface area contributed by atoms with E-state index in [4.69, 9.17) is 9.72 Å². The number of rotatable bonds is 7. The van der Waals surface area contributed by atoms with Crippen LogP contribution in [0.25, 0.3) is 10.9 Å². The smallest absolute Gasteiger partial charge is 0.336 e. The molecule has 0 saturated heterocycles. The van der Waals surface area contributed by atoms with Crippen LogP contribution in [0.2, 0.25) is 0 Å². The second-order valence-corrected chi connectivity index (χ2v) is 7.57. The first-order chi connectivity index (χ1) is 15.0. The summed E-state index contributed by atoms with van der Waals surface area (Å²) in [5, 5.41) is 10.6. The summed E-state index contributed by atoms with van der Waals surface area (Å²) < 4.78 is 5.93. The molecule has 1 aromatic heterocycles. The highest BCUT2D eigenvalue weighted by atomic mass is 16.5. The summed E-state index contributed by atoms with van der Waals surface area (Å²) in [6.07, 6.45) is 0. The first kappa shape index (κ1) is 20.4. The van der Waals surface area contributed by atoms with Gasteiger partial charge in [-0.3, -0.25) is 0 Å². The molecule has 0 saturated carbocycles. The molecule has 0 spiro atoms. The van der Waals surface area contributed by atoms with Gasteiger partial charge in [0, 0.05) is 24.5 Å². The van der Waals surface area contributed by atoms with Crippen molar-refractivity contribution in [1.82, 2.24) is 4.98 Å². The first-order valence-corrected chi connectivity index (χ1v) is 10.1. The summed E-state index contributed by atoms with van der Waals surface area (Å²) in [4.78, 5) is 18.4. The number of benzene rings is 3. The Morgan fingerprint density at radius 2 is 1.81 bits per heavy atom. The third-order valence-electron chi connectivity index (χ3n) is 5.26. The molecule has 0 bridgehead atoms. The zero-order chi connectivity index (χ0) is 21.8. The Labute approximate surface area is 181 Å². The molecular formula is C26H24N2O3. The lowest BCUT2D eigenvalue weighted by Crippen LogP contribution is -2.17. The maximum Gasteiger partial charge on any atom is 0.336 e. The molecule has 0 unspecified atom stereocenters. The van der Waals surface area contributed by atoms with Crippen molar-refractivity contribution in [3.05, 3.63) is 101 Å². The van der Waals surface area contributed by atoms with Crippen molar-refractivity contribution in [2.24, 2.45) is 0 Å². The second kappa shape index (κ2) is 8.88. The lowest BCUT2D eigenvalue weighted by atomic mass is 10.0. The number of ether oxygens (including phenoxy) is 1. The largest absolute Gasteiger partial charge is 0.489 e. The van der Waals surface area contributed by atoms with Crippen molar-refractivity contribution in [2.45, 2.75) is 20.1 Å². The summed E-state index contributed by atoms with van der Waals surface area (Å²) in [5.41, 5.74) is 3.75. The molecule has 0 aliphatic heterocycles. The lowest BCUT2D eigenvalue weighted by Gasteiger charge is -2.19. The van der Waals surface area contributed by atoms with Gasteiger partial charge in [0.05, 0.1) is 11.1 Å². The van der Waals surface area contributed by atoms with Crippen LogP contribution in [-0.2, 0) is 13.2 Å². The number of aromatic carboxylic acids is 1. The molecule has 5 heteroatoms. The van der Waals surface area contributed by atoms with E-state index >= 15 is 0 Å². The van der Waals surface area contributed by atoms with Gasteiger partial charge in [0.25, 0.3) is 0 Å². The van der Waals surface area contributed by atoms with E-state index in [0.717, 1.165) is 27.8 Å². The highest BCUT2D eigenvalue weighted by Crippen LogP contribution is 2.22. The summed E-state index contributed by atoms with van der Waals surface area (Å²) in [5.74, 6) is 0.668. The van der Waals surface area contributed by atoms with E-state index in [2.05, 4.69) is 17.0 Å². The van der Waals surface area contributed by atoms with Crippen LogP contribution in [0.3, 0.4) is 0 Å². The van der Waals surface area contributed by atoms with Crippen LogP contribution in [0.1, 0.15) is 27.0 Å². The summed E-state index contributed by atoms with van der Waals surface area (Å²) in [7, 11) is 2.01. The molecule has 1 heterocycles. The summed E-state index contributed by atoms with van der Waals surface area (Å²) in [6, 6.07) is 25.4. The third kappa shape index (κ3) is 4.67. The van der Waals surface area contributed by atoms with E-state index < -0.39 is 5.97 Å². The number of carboxylic acids is 1. The molecular weight excluding hydrogens is 388 g/mol. The van der Waals surface area contributed by atoms with Gasteiger partial charge in [-0.25, -0.2) is 9.78 Å². The highest BCUT2D eigenvalue weighted by molar-refractivity contribution is 5.91. The number of nitrogens with zero attached hydrogens (tertiary/aromatic N) is 2. The Balaban J connectivity index is 1.47. The maximum atomic E-state index is 11.6. The number of fused-ring (bicyclic) bond motifs is 1. The first-order valence-electron chi connectivity index (χ1n) is 10.1. The van der Waals surface area contributed by atoms with Crippen LogP contribution in [0.15, 0.2) is 78.9 Å². The van der Waals surface area contributed by atoms with Gasteiger partial charge in [-0.2, -0.15) is 0 Å². The van der Waals surface area contributed by atoms with Gasteiger partial charge in [-0.05, 0) is 48.4 Å². The third-order valence-corrected chi connectivity index (χ3v) is 5.26. The SMILES string of the molecule is Cc1cccc(COc2cccc(CN(C)c3ccc4ccccc4n3)c2)c1C(=O)O. The van der Waals surface area contributed by atoms with Gasteiger partial charge < -0.3 is 14.7 Å². The number of aromatic nitrogens is 1. The van der Waals surface area contributed by atoms with E-state index in [0.29, 0.717) is 23.4 Å². The van der Waals surface area contributed by atoms with Crippen molar-refractivity contribution in [1.29, 1.82) is 0 Å². The minimum Gasteiger partial charge on any atom is -0.489 e. The predicted molar refractivity (Wildman–Crippen MR) is 123 cm³/mol. The summed E-state index contributed by atoms with van der Waals surface area (Å²) >= 11 is 0. The van der Waals surface area contributed by atoms with Crippen LogP contribution in [0.4, 0.5) is 5.82 Å². The number of hydrogen-bond donors (Lipinski definition) is 1. The van der Waals surface area contributed by atoms with Gasteiger partial charge in [-0.15, -0.1) is 0 Å². The number of carboxylic acid groups (broad SMARTS) is 1. The van der Waals surface area contributed by atoms with Crippen LogP contribution < -0.4 is 9.64 Å². The molecule has 4 rings (SSSR count).